The third-order valence-corrected chi connectivity index (χ3v) is 4.50. The van der Waals surface area contributed by atoms with Gasteiger partial charge in [-0.3, -0.25) is 0 Å². The van der Waals surface area contributed by atoms with Crippen LogP contribution in [0.15, 0.2) is 29.0 Å². The van der Waals surface area contributed by atoms with Crippen molar-refractivity contribution >= 4 is 22.7 Å². The monoisotopic (exact) mass is 281 g/mol. The van der Waals surface area contributed by atoms with E-state index in [2.05, 4.69) is 41.2 Å². The highest BCUT2D eigenvalue weighted by molar-refractivity contribution is 7.14. The Hall–Kier alpha value is -0.680. The lowest BCUT2D eigenvalue weighted by Gasteiger charge is -2.11. The van der Waals surface area contributed by atoms with Crippen LogP contribution in [0.1, 0.15) is 18.7 Å². The summed E-state index contributed by atoms with van der Waals surface area (Å²) < 4.78 is 5.49. The van der Waals surface area contributed by atoms with E-state index in [4.69, 9.17) is 4.74 Å². The Morgan fingerprint density at radius 3 is 3.00 bits per heavy atom. The fraction of sp³-hybridized carbons (Fsp3) is 0.429. The molecule has 0 saturated heterocycles. The molecule has 2 rings (SSSR count). The van der Waals surface area contributed by atoms with E-state index in [1.54, 1.807) is 11.3 Å². The maximum absolute atomic E-state index is 5.49. The summed E-state index contributed by atoms with van der Waals surface area (Å²) in [6, 6.07) is 6.54. The number of hydrogen-bond donors (Lipinski definition) is 1. The zero-order valence-electron chi connectivity index (χ0n) is 10.8. The molecule has 0 radical (unpaired) electrons. The maximum atomic E-state index is 5.49. The Bertz CT molecular complexity index is 450. The predicted octanol–water partition coefficient (Wildman–Crippen LogP) is 3.99. The Morgan fingerprint density at radius 1 is 1.39 bits per heavy atom. The smallest absolute Gasteiger partial charge is 0.0671 e. The summed E-state index contributed by atoms with van der Waals surface area (Å²) in [5.74, 6) is 0. The topological polar surface area (TPSA) is 21.3 Å². The molecule has 0 aliphatic carbocycles. The van der Waals surface area contributed by atoms with Gasteiger partial charge in [-0.2, -0.15) is 0 Å². The van der Waals surface area contributed by atoms with E-state index >= 15 is 0 Å². The lowest BCUT2D eigenvalue weighted by molar-refractivity contribution is 0.0760. The van der Waals surface area contributed by atoms with Gasteiger partial charge in [0.1, 0.15) is 0 Å². The van der Waals surface area contributed by atoms with Gasteiger partial charge in [0.2, 0.25) is 0 Å². The minimum absolute atomic E-state index is 0.284. The molecule has 2 nitrogen and oxygen atoms in total. The summed E-state index contributed by atoms with van der Waals surface area (Å²) >= 11 is 3.61. The molecule has 0 saturated carbocycles. The Labute approximate surface area is 117 Å². The molecule has 0 bridgehead atoms. The van der Waals surface area contributed by atoms with Crippen molar-refractivity contribution in [2.45, 2.75) is 26.5 Å². The molecule has 0 aromatic carbocycles. The van der Waals surface area contributed by atoms with E-state index in [9.17, 15) is 0 Å². The second-order valence-electron chi connectivity index (χ2n) is 4.18. The highest BCUT2D eigenvalue weighted by Crippen LogP contribution is 2.29. The van der Waals surface area contributed by atoms with Crippen LogP contribution < -0.4 is 5.32 Å². The van der Waals surface area contributed by atoms with Gasteiger partial charge in [0.15, 0.2) is 0 Å². The normalized spacial score (nSPS) is 12.8. The summed E-state index contributed by atoms with van der Waals surface area (Å²) in [5, 5.41) is 7.78. The molecule has 98 valence electrons. The van der Waals surface area contributed by atoms with Gasteiger partial charge >= 0.3 is 0 Å². The third kappa shape index (κ3) is 3.92. The number of hydrogen-bond acceptors (Lipinski definition) is 4. The summed E-state index contributed by atoms with van der Waals surface area (Å²) in [5.41, 5.74) is 1.34. The van der Waals surface area contributed by atoms with Gasteiger partial charge in [-0.15, -0.1) is 22.7 Å². The Kier molecular flexibility index (Phi) is 5.38. The van der Waals surface area contributed by atoms with Crippen molar-refractivity contribution in [3.63, 3.8) is 0 Å². The van der Waals surface area contributed by atoms with Crippen molar-refractivity contribution in [1.82, 2.24) is 5.32 Å². The van der Waals surface area contributed by atoms with E-state index < -0.39 is 0 Å². The van der Waals surface area contributed by atoms with Crippen molar-refractivity contribution in [2.24, 2.45) is 0 Å². The molecule has 0 amide bonds. The third-order valence-electron chi connectivity index (χ3n) is 2.64. The zero-order chi connectivity index (χ0) is 12.8. The molecule has 0 aliphatic heterocycles. The van der Waals surface area contributed by atoms with Crippen LogP contribution in [-0.2, 0) is 11.3 Å². The largest absolute Gasteiger partial charge is 0.377 e. The van der Waals surface area contributed by atoms with Crippen LogP contribution in [0.25, 0.3) is 10.4 Å². The first-order valence-corrected chi connectivity index (χ1v) is 7.99. The highest BCUT2D eigenvalue weighted by Gasteiger charge is 2.04. The number of rotatable bonds is 7. The van der Waals surface area contributed by atoms with Crippen LogP contribution in [0, 0.1) is 0 Å². The molecule has 1 atom stereocenters. The predicted molar refractivity (Wildman–Crippen MR) is 80.4 cm³/mol. The standard InChI is InChI=1S/C14H19NOS2/c1-3-16-11(2)8-15-9-13-7-12(10-18-13)14-5-4-6-17-14/h4-7,10-11,15H,3,8-9H2,1-2H3. The average Bonchev–Trinajstić information content (AvgIpc) is 2.99. The Morgan fingerprint density at radius 2 is 2.28 bits per heavy atom. The zero-order valence-corrected chi connectivity index (χ0v) is 12.4. The second-order valence-corrected chi connectivity index (χ2v) is 6.12. The van der Waals surface area contributed by atoms with Crippen molar-refractivity contribution in [3.8, 4) is 10.4 Å². The molecule has 1 N–H and O–H groups in total. The first-order valence-electron chi connectivity index (χ1n) is 6.23. The Balaban J connectivity index is 1.81. The first kappa shape index (κ1) is 13.7. The molecular weight excluding hydrogens is 262 g/mol. The van der Waals surface area contributed by atoms with Crippen molar-refractivity contribution in [2.75, 3.05) is 13.2 Å². The van der Waals surface area contributed by atoms with Gasteiger partial charge in [0, 0.05) is 35.0 Å². The average molecular weight is 281 g/mol. The van der Waals surface area contributed by atoms with E-state index in [-0.39, 0.29) is 6.10 Å². The van der Waals surface area contributed by atoms with E-state index in [1.165, 1.54) is 15.3 Å². The van der Waals surface area contributed by atoms with Crippen molar-refractivity contribution in [3.05, 3.63) is 33.8 Å². The quantitative estimate of drug-likeness (QED) is 0.828. The summed E-state index contributed by atoms with van der Waals surface area (Å²) in [7, 11) is 0. The molecule has 2 aromatic rings. The molecular formula is C14H19NOS2. The van der Waals surface area contributed by atoms with Crippen LogP contribution in [0.3, 0.4) is 0 Å². The van der Waals surface area contributed by atoms with E-state index in [0.717, 1.165) is 19.7 Å². The molecule has 2 aromatic heterocycles. The van der Waals surface area contributed by atoms with E-state index in [0.29, 0.717) is 0 Å². The van der Waals surface area contributed by atoms with Crippen LogP contribution in [0.5, 0.6) is 0 Å². The van der Waals surface area contributed by atoms with Crippen LogP contribution in [0.4, 0.5) is 0 Å². The molecule has 18 heavy (non-hydrogen) atoms. The number of nitrogens with one attached hydrogen (secondary N) is 1. The molecule has 2 heterocycles. The molecule has 0 fully saturated rings. The van der Waals surface area contributed by atoms with Gasteiger partial charge in [-0.25, -0.2) is 0 Å². The fourth-order valence-electron chi connectivity index (χ4n) is 1.79. The SMILES string of the molecule is CCOC(C)CNCc1cc(-c2cccs2)cs1. The lowest BCUT2D eigenvalue weighted by Crippen LogP contribution is -2.26. The van der Waals surface area contributed by atoms with Crippen LogP contribution >= 0.6 is 22.7 Å². The van der Waals surface area contributed by atoms with Crippen LogP contribution in [-0.4, -0.2) is 19.3 Å². The van der Waals surface area contributed by atoms with Crippen molar-refractivity contribution in [1.29, 1.82) is 0 Å². The summed E-state index contributed by atoms with van der Waals surface area (Å²) in [4.78, 5) is 2.72. The summed E-state index contributed by atoms with van der Waals surface area (Å²) in [6.45, 7) is 6.74. The molecule has 0 spiro atoms. The molecule has 1 unspecified atom stereocenters. The van der Waals surface area contributed by atoms with Crippen molar-refractivity contribution < 1.29 is 4.74 Å². The van der Waals surface area contributed by atoms with Gasteiger partial charge < -0.3 is 10.1 Å². The second kappa shape index (κ2) is 7.04. The minimum atomic E-state index is 0.284. The lowest BCUT2D eigenvalue weighted by atomic mass is 10.2. The van der Waals surface area contributed by atoms with Crippen LogP contribution in [0.2, 0.25) is 0 Å². The maximum Gasteiger partial charge on any atom is 0.0671 e. The molecule has 4 heteroatoms. The van der Waals surface area contributed by atoms with Gasteiger partial charge in [0.25, 0.3) is 0 Å². The highest BCUT2D eigenvalue weighted by atomic mass is 32.1. The molecule has 0 aliphatic rings. The van der Waals surface area contributed by atoms with E-state index in [1.807, 2.05) is 18.3 Å². The fourth-order valence-corrected chi connectivity index (χ4v) is 3.43. The van der Waals surface area contributed by atoms with Gasteiger partial charge in [-0.1, -0.05) is 6.07 Å². The first-order chi connectivity index (χ1) is 8.79. The van der Waals surface area contributed by atoms with Gasteiger partial charge in [0.05, 0.1) is 6.10 Å². The van der Waals surface area contributed by atoms with Gasteiger partial charge in [-0.05, 0) is 36.7 Å². The summed E-state index contributed by atoms with van der Waals surface area (Å²) in [6.07, 6.45) is 0.284. The minimum Gasteiger partial charge on any atom is -0.377 e. The number of thiophene rings is 2. The number of ether oxygens (including phenoxy) is 1.